The molecular weight excluding hydrogens is 295 g/mol. The highest BCUT2D eigenvalue weighted by Gasteiger charge is 2.33. The van der Waals surface area contributed by atoms with E-state index in [1.165, 1.54) is 12.5 Å². The SMILES string of the molecule is CN(C)[C@H](C(=O)N(CCO)C1CCCCC1)c1ccccc1F. The zero-order valence-electron chi connectivity index (χ0n) is 14.0. The fraction of sp³-hybridized carbons (Fsp3) is 0.611. The van der Waals surface area contributed by atoms with E-state index in [0.29, 0.717) is 12.1 Å². The minimum atomic E-state index is -0.662. The second-order valence-corrected chi connectivity index (χ2v) is 6.43. The molecule has 2 rings (SSSR count). The summed E-state index contributed by atoms with van der Waals surface area (Å²) in [5.41, 5.74) is 0.390. The first-order chi connectivity index (χ1) is 11.1. The molecule has 1 saturated carbocycles. The Morgan fingerprint density at radius 2 is 1.91 bits per heavy atom. The standard InChI is InChI=1S/C18H27FN2O2/c1-20(2)17(15-10-6-7-11-16(15)19)18(23)21(12-13-22)14-8-4-3-5-9-14/h6-7,10-11,14,17,22H,3-5,8-9,12-13H2,1-2H3/t17-/m0/s1. The number of aliphatic hydroxyl groups excluding tert-OH is 1. The Kier molecular flexibility index (Phi) is 6.54. The minimum Gasteiger partial charge on any atom is -0.395 e. The summed E-state index contributed by atoms with van der Waals surface area (Å²) in [4.78, 5) is 16.6. The van der Waals surface area contributed by atoms with E-state index in [2.05, 4.69) is 0 Å². The summed E-state index contributed by atoms with van der Waals surface area (Å²) in [7, 11) is 3.57. The molecule has 1 atom stereocenters. The second-order valence-electron chi connectivity index (χ2n) is 6.43. The molecular formula is C18H27FN2O2. The average Bonchev–Trinajstić information content (AvgIpc) is 2.55. The van der Waals surface area contributed by atoms with Crippen LogP contribution in [0, 0.1) is 5.82 Å². The molecule has 1 fully saturated rings. The third kappa shape index (κ3) is 4.30. The second kappa shape index (κ2) is 8.41. The van der Waals surface area contributed by atoms with Gasteiger partial charge in [0.1, 0.15) is 11.9 Å². The maximum Gasteiger partial charge on any atom is 0.244 e. The van der Waals surface area contributed by atoms with Gasteiger partial charge >= 0.3 is 0 Å². The average molecular weight is 322 g/mol. The number of benzene rings is 1. The van der Waals surface area contributed by atoms with Crippen molar-refractivity contribution in [3.8, 4) is 0 Å². The summed E-state index contributed by atoms with van der Waals surface area (Å²) >= 11 is 0. The maximum absolute atomic E-state index is 14.2. The molecule has 0 bridgehead atoms. The molecule has 4 nitrogen and oxygen atoms in total. The third-order valence-electron chi connectivity index (χ3n) is 4.59. The zero-order chi connectivity index (χ0) is 16.8. The van der Waals surface area contributed by atoms with E-state index in [0.717, 1.165) is 25.7 Å². The highest BCUT2D eigenvalue weighted by molar-refractivity contribution is 5.83. The van der Waals surface area contributed by atoms with Gasteiger partial charge < -0.3 is 10.0 Å². The molecule has 0 spiro atoms. The summed E-state index contributed by atoms with van der Waals surface area (Å²) in [6.45, 7) is 0.238. The third-order valence-corrected chi connectivity index (χ3v) is 4.59. The van der Waals surface area contributed by atoms with Crippen molar-refractivity contribution in [2.45, 2.75) is 44.2 Å². The lowest BCUT2D eigenvalue weighted by Gasteiger charge is -2.38. The normalized spacial score (nSPS) is 17.3. The Balaban J connectivity index is 2.28. The number of amides is 1. The quantitative estimate of drug-likeness (QED) is 0.875. The van der Waals surface area contributed by atoms with Crippen molar-refractivity contribution in [1.29, 1.82) is 0 Å². The molecule has 23 heavy (non-hydrogen) atoms. The Bertz CT molecular complexity index is 515. The van der Waals surface area contributed by atoms with Crippen molar-refractivity contribution in [2.75, 3.05) is 27.2 Å². The number of aliphatic hydroxyl groups is 1. The van der Waals surface area contributed by atoms with Crippen LogP contribution in [0.2, 0.25) is 0 Å². The maximum atomic E-state index is 14.2. The van der Waals surface area contributed by atoms with Gasteiger partial charge in [0.25, 0.3) is 0 Å². The summed E-state index contributed by atoms with van der Waals surface area (Å²) < 4.78 is 14.2. The first kappa shape index (κ1) is 17.9. The molecule has 5 heteroatoms. The minimum absolute atomic E-state index is 0.0698. The van der Waals surface area contributed by atoms with Gasteiger partial charge in [0, 0.05) is 18.2 Å². The van der Waals surface area contributed by atoms with Gasteiger partial charge in [-0.3, -0.25) is 9.69 Å². The number of carbonyl (C=O) groups excluding carboxylic acids is 1. The van der Waals surface area contributed by atoms with Crippen LogP contribution in [-0.4, -0.2) is 54.1 Å². The van der Waals surface area contributed by atoms with Crippen LogP contribution < -0.4 is 0 Å². The lowest BCUT2D eigenvalue weighted by Crippen LogP contribution is -2.48. The van der Waals surface area contributed by atoms with Gasteiger partial charge in [0.05, 0.1) is 6.61 Å². The van der Waals surface area contributed by atoms with Crippen LogP contribution in [0.3, 0.4) is 0 Å². The Hall–Kier alpha value is -1.46. The number of likely N-dealkylation sites (N-methyl/N-ethyl adjacent to an activating group) is 1. The molecule has 1 aromatic carbocycles. The zero-order valence-corrected chi connectivity index (χ0v) is 14.0. The Morgan fingerprint density at radius 1 is 1.26 bits per heavy atom. The van der Waals surface area contributed by atoms with Gasteiger partial charge in [-0.1, -0.05) is 37.5 Å². The van der Waals surface area contributed by atoms with Crippen molar-refractivity contribution >= 4 is 5.91 Å². The van der Waals surface area contributed by atoms with Crippen LogP contribution in [0.1, 0.15) is 43.7 Å². The summed E-state index contributed by atoms with van der Waals surface area (Å²) in [5.74, 6) is -0.492. The van der Waals surface area contributed by atoms with Crippen molar-refractivity contribution in [3.05, 3.63) is 35.6 Å². The van der Waals surface area contributed by atoms with Crippen LogP contribution in [0.5, 0.6) is 0 Å². The molecule has 1 amide bonds. The van der Waals surface area contributed by atoms with Gasteiger partial charge in [-0.05, 0) is 33.0 Å². The van der Waals surface area contributed by atoms with Crippen LogP contribution >= 0.6 is 0 Å². The van der Waals surface area contributed by atoms with Crippen LogP contribution in [0.25, 0.3) is 0 Å². The largest absolute Gasteiger partial charge is 0.395 e. The predicted octanol–water partition coefficient (Wildman–Crippen LogP) is 2.58. The first-order valence-corrected chi connectivity index (χ1v) is 8.38. The number of halogens is 1. The van der Waals surface area contributed by atoms with Crippen LogP contribution in [0.15, 0.2) is 24.3 Å². The van der Waals surface area contributed by atoms with Gasteiger partial charge in [0.15, 0.2) is 0 Å². The Morgan fingerprint density at radius 3 is 2.48 bits per heavy atom. The van der Waals surface area contributed by atoms with Crippen molar-refractivity contribution in [2.24, 2.45) is 0 Å². The molecule has 0 saturated heterocycles. The number of nitrogens with zero attached hydrogens (tertiary/aromatic N) is 2. The number of rotatable bonds is 6. The molecule has 0 aliphatic heterocycles. The molecule has 0 aromatic heterocycles. The molecule has 1 N–H and O–H groups in total. The molecule has 1 aromatic rings. The van der Waals surface area contributed by atoms with Gasteiger partial charge in [-0.25, -0.2) is 4.39 Å². The van der Waals surface area contributed by atoms with Gasteiger partial charge in [0.2, 0.25) is 5.91 Å². The topological polar surface area (TPSA) is 43.8 Å². The van der Waals surface area contributed by atoms with Crippen molar-refractivity contribution < 1.29 is 14.3 Å². The molecule has 0 radical (unpaired) electrons. The molecule has 1 aliphatic rings. The smallest absolute Gasteiger partial charge is 0.244 e. The summed E-state index contributed by atoms with van der Waals surface area (Å²) in [5, 5.41) is 9.38. The number of hydrogen-bond acceptors (Lipinski definition) is 3. The van der Waals surface area contributed by atoms with Gasteiger partial charge in [-0.2, -0.15) is 0 Å². The van der Waals surface area contributed by atoms with Crippen molar-refractivity contribution in [3.63, 3.8) is 0 Å². The van der Waals surface area contributed by atoms with E-state index in [-0.39, 0.29) is 24.4 Å². The Labute approximate surface area is 137 Å². The van der Waals surface area contributed by atoms with E-state index in [9.17, 15) is 14.3 Å². The lowest BCUT2D eigenvalue weighted by atomic mass is 9.93. The lowest BCUT2D eigenvalue weighted by molar-refractivity contribution is -0.140. The predicted molar refractivity (Wildman–Crippen MR) is 88.5 cm³/mol. The van der Waals surface area contributed by atoms with E-state index >= 15 is 0 Å². The van der Waals surface area contributed by atoms with Crippen LogP contribution in [0.4, 0.5) is 4.39 Å². The molecule has 128 valence electrons. The number of hydrogen-bond donors (Lipinski definition) is 1. The monoisotopic (exact) mass is 322 g/mol. The fourth-order valence-electron chi connectivity index (χ4n) is 3.46. The summed E-state index contributed by atoms with van der Waals surface area (Å²) in [6, 6.07) is 5.91. The number of carbonyl (C=O) groups is 1. The summed E-state index contributed by atoms with van der Waals surface area (Å²) in [6.07, 6.45) is 5.33. The van der Waals surface area contributed by atoms with Gasteiger partial charge in [-0.15, -0.1) is 0 Å². The highest BCUT2D eigenvalue weighted by Crippen LogP contribution is 2.28. The first-order valence-electron chi connectivity index (χ1n) is 8.38. The molecule has 0 unspecified atom stereocenters. The fourth-order valence-corrected chi connectivity index (χ4v) is 3.46. The van der Waals surface area contributed by atoms with E-state index in [1.807, 2.05) is 0 Å². The molecule has 0 heterocycles. The highest BCUT2D eigenvalue weighted by atomic mass is 19.1. The molecule has 1 aliphatic carbocycles. The van der Waals surface area contributed by atoms with E-state index in [1.54, 1.807) is 42.1 Å². The van der Waals surface area contributed by atoms with Crippen molar-refractivity contribution in [1.82, 2.24) is 9.80 Å². The van der Waals surface area contributed by atoms with Crippen LogP contribution in [-0.2, 0) is 4.79 Å². The van der Waals surface area contributed by atoms with E-state index < -0.39 is 6.04 Å². The van der Waals surface area contributed by atoms with E-state index in [4.69, 9.17) is 0 Å².